The Morgan fingerprint density at radius 2 is 2.00 bits per heavy atom. The van der Waals surface area contributed by atoms with Crippen LogP contribution in [0, 0.1) is 11.3 Å². The lowest BCUT2D eigenvalue weighted by Crippen LogP contribution is -2.03. The fourth-order valence-corrected chi connectivity index (χ4v) is 3.64. The zero-order valence-corrected chi connectivity index (χ0v) is 15.1. The number of nitriles is 1. The molecule has 0 aliphatic carbocycles. The van der Waals surface area contributed by atoms with Gasteiger partial charge in [0.25, 0.3) is 0 Å². The molecule has 7 heteroatoms. The van der Waals surface area contributed by atoms with Crippen molar-refractivity contribution in [2.45, 2.75) is 17.5 Å². The minimum absolute atomic E-state index is 0.520. The smallest absolute Gasteiger partial charge is 0.192 e. The zero-order chi connectivity index (χ0) is 18.5. The summed E-state index contributed by atoms with van der Waals surface area (Å²) in [5, 5.41) is 18.8. The monoisotopic (exact) mass is 373 g/mol. The molecule has 0 amide bonds. The van der Waals surface area contributed by atoms with Crippen LogP contribution in [-0.2, 0) is 12.3 Å². The van der Waals surface area contributed by atoms with Gasteiger partial charge in [-0.05, 0) is 35.9 Å². The molecule has 0 radical (unpaired) electrons. The first kappa shape index (κ1) is 17.1. The third-order valence-corrected chi connectivity index (χ3v) is 5.04. The standard InChI is InChI=1S/C20H15N5OS/c21-11-15-5-1-2-6-17(15)14-27-20-24-23-19(16-7-3-9-22-12-16)25(20)13-18-8-4-10-26-18/h1-10,12H,13-14H2. The molecule has 132 valence electrons. The molecule has 4 rings (SSSR count). The van der Waals surface area contributed by atoms with Crippen molar-refractivity contribution < 1.29 is 4.42 Å². The van der Waals surface area contributed by atoms with E-state index in [1.165, 1.54) is 0 Å². The average molecular weight is 373 g/mol. The van der Waals surface area contributed by atoms with Crippen LogP contribution in [0.25, 0.3) is 11.4 Å². The van der Waals surface area contributed by atoms with Gasteiger partial charge in [0, 0.05) is 23.7 Å². The largest absolute Gasteiger partial charge is 0.467 e. The number of hydrogen-bond donors (Lipinski definition) is 0. The molecular formula is C20H15N5OS. The molecule has 0 aliphatic heterocycles. The molecule has 4 aromatic rings. The van der Waals surface area contributed by atoms with E-state index in [0.29, 0.717) is 17.9 Å². The maximum Gasteiger partial charge on any atom is 0.192 e. The summed E-state index contributed by atoms with van der Waals surface area (Å²) < 4.78 is 7.52. The summed E-state index contributed by atoms with van der Waals surface area (Å²) in [5.41, 5.74) is 2.54. The van der Waals surface area contributed by atoms with E-state index < -0.39 is 0 Å². The van der Waals surface area contributed by atoms with E-state index in [2.05, 4.69) is 21.3 Å². The van der Waals surface area contributed by atoms with E-state index in [1.54, 1.807) is 30.4 Å². The second-order valence-corrected chi connectivity index (χ2v) is 6.71. The Labute approximate surface area is 160 Å². The molecule has 0 fully saturated rings. The fourth-order valence-electron chi connectivity index (χ4n) is 2.70. The van der Waals surface area contributed by atoms with Crippen LogP contribution in [0.3, 0.4) is 0 Å². The summed E-state index contributed by atoms with van der Waals surface area (Å²) in [7, 11) is 0. The lowest BCUT2D eigenvalue weighted by atomic mass is 10.1. The molecule has 0 saturated carbocycles. The molecule has 0 bridgehead atoms. The molecule has 0 atom stereocenters. The van der Waals surface area contributed by atoms with Crippen LogP contribution in [0.15, 0.2) is 76.8 Å². The highest BCUT2D eigenvalue weighted by molar-refractivity contribution is 7.98. The molecule has 27 heavy (non-hydrogen) atoms. The maximum atomic E-state index is 9.28. The van der Waals surface area contributed by atoms with Crippen LogP contribution in [0.1, 0.15) is 16.9 Å². The van der Waals surface area contributed by atoms with Gasteiger partial charge in [-0.1, -0.05) is 30.0 Å². The number of rotatable bonds is 6. The van der Waals surface area contributed by atoms with Gasteiger partial charge in [0.15, 0.2) is 11.0 Å². The van der Waals surface area contributed by atoms with Crippen molar-refractivity contribution in [3.63, 3.8) is 0 Å². The van der Waals surface area contributed by atoms with Crippen LogP contribution >= 0.6 is 11.8 Å². The van der Waals surface area contributed by atoms with E-state index in [9.17, 15) is 5.26 Å². The maximum absolute atomic E-state index is 9.28. The highest BCUT2D eigenvalue weighted by atomic mass is 32.2. The topological polar surface area (TPSA) is 80.5 Å². The third kappa shape index (κ3) is 3.76. The molecule has 0 spiro atoms. The van der Waals surface area contributed by atoms with Gasteiger partial charge in [-0.3, -0.25) is 9.55 Å². The van der Waals surface area contributed by atoms with Crippen LogP contribution in [0.4, 0.5) is 0 Å². The van der Waals surface area contributed by atoms with Crippen LogP contribution < -0.4 is 0 Å². The van der Waals surface area contributed by atoms with Crippen LogP contribution in [0.2, 0.25) is 0 Å². The van der Waals surface area contributed by atoms with E-state index in [-0.39, 0.29) is 0 Å². The van der Waals surface area contributed by atoms with Gasteiger partial charge < -0.3 is 4.42 Å². The Balaban J connectivity index is 1.66. The summed E-state index contributed by atoms with van der Waals surface area (Å²) in [6, 6.07) is 17.4. The van der Waals surface area contributed by atoms with Crippen molar-refractivity contribution in [3.05, 3.63) is 84.1 Å². The van der Waals surface area contributed by atoms with E-state index in [1.807, 2.05) is 53.1 Å². The Hall–Kier alpha value is -3.37. The van der Waals surface area contributed by atoms with Crippen molar-refractivity contribution in [1.29, 1.82) is 5.26 Å². The fraction of sp³-hybridized carbons (Fsp3) is 0.100. The van der Waals surface area contributed by atoms with Gasteiger partial charge >= 0.3 is 0 Å². The molecule has 0 aliphatic rings. The van der Waals surface area contributed by atoms with Gasteiger partial charge in [0.1, 0.15) is 5.76 Å². The molecule has 3 aromatic heterocycles. The Bertz CT molecular complexity index is 1070. The van der Waals surface area contributed by atoms with Crippen molar-refractivity contribution in [3.8, 4) is 17.5 Å². The van der Waals surface area contributed by atoms with Gasteiger partial charge in [-0.15, -0.1) is 10.2 Å². The minimum atomic E-state index is 0.520. The Kier molecular flexibility index (Phi) is 4.99. The third-order valence-electron chi connectivity index (χ3n) is 4.03. The summed E-state index contributed by atoms with van der Waals surface area (Å²) >= 11 is 1.54. The number of hydrogen-bond acceptors (Lipinski definition) is 6. The lowest BCUT2D eigenvalue weighted by Gasteiger charge is -2.09. The van der Waals surface area contributed by atoms with Crippen molar-refractivity contribution in [2.75, 3.05) is 0 Å². The SMILES string of the molecule is N#Cc1ccccc1CSc1nnc(-c2cccnc2)n1Cc1ccco1. The quantitative estimate of drug-likeness (QED) is 0.472. The van der Waals surface area contributed by atoms with Crippen molar-refractivity contribution in [2.24, 2.45) is 0 Å². The number of pyridine rings is 1. The first-order chi connectivity index (χ1) is 13.3. The molecule has 3 heterocycles. The van der Waals surface area contributed by atoms with Gasteiger partial charge in [0.2, 0.25) is 0 Å². The number of furan rings is 1. The van der Waals surface area contributed by atoms with Crippen LogP contribution in [-0.4, -0.2) is 19.7 Å². The van der Waals surface area contributed by atoms with E-state index in [0.717, 1.165) is 27.9 Å². The molecular weight excluding hydrogens is 358 g/mol. The predicted octanol–water partition coefficient (Wildman–Crippen LogP) is 4.15. The summed E-state index contributed by atoms with van der Waals surface area (Å²) in [6.45, 7) is 0.520. The predicted molar refractivity (Wildman–Crippen MR) is 102 cm³/mol. The van der Waals surface area contributed by atoms with Crippen LogP contribution in [0.5, 0.6) is 0 Å². The number of nitrogens with zero attached hydrogens (tertiary/aromatic N) is 5. The lowest BCUT2D eigenvalue weighted by molar-refractivity contribution is 0.485. The second-order valence-electron chi connectivity index (χ2n) is 5.77. The average Bonchev–Trinajstić information content (AvgIpc) is 3.38. The van der Waals surface area contributed by atoms with Crippen molar-refractivity contribution in [1.82, 2.24) is 19.7 Å². The molecule has 6 nitrogen and oxygen atoms in total. The zero-order valence-electron chi connectivity index (χ0n) is 14.3. The molecule has 0 unspecified atom stereocenters. The van der Waals surface area contributed by atoms with Crippen molar-refractivity contribution >= 4 is 11.8 Å². The highest BCUT2D eigenvalue weighted by Gasteiger charge is 2.16. The number of benzene rings is 1. The van der Waals surface area contributed by atoms with Gasteiger partial charge in [-0.2, -0.15) is 5.26 Å². The first-order valence-electron chi connectivity index (χ1n) is 8.32. The Morgan fingerprint density at radius 1 is 1.07 bits per heavy atom. The summed E-state index contributed by atoms with van der Waals surface area (Å²) in [4.78, 5) is 4.18. The summed E-state index contributed by atoms with van der Waals surface area (Å²) in [6.07, 6.45) is 5.15. The normalized spacial score (nSPS) is 10.6. The van der Waals surface area contributed by atoms with Gasteiger partial charge in [-0.25, -0.2) is 0 Å². The second kappa shape index (κ2) is 7.89. The molecule has 0 saturated heterocycles. The number of thioether (sulfide) groups is 1. The highest BCUT2D eigenvalue weighted by Crippen LogP contribution is 2.28. The Morgan fingerprint density at radius 3 is 2.78 bits per heavy atom. The van der Waals surface area contributed by atoms with E-state index in [4.69, 9.17) is 4.42 Å². The number of aromatic nitrogens is 4. The summed E-state index contributed by atoms with van der Waals surface area (Å²) in [5.74, 6) is 2.18. The van der Waals surface area contributed by atoms with E-state index >= 15 is 0 Å². The molecule has 1 aromatic carbocycles. The molecule has 0 N–H and O–H groups in total. The first-order valence-corrected chi connectivity index (χ1v) is 9.30. The van der Waals surface area contributed by atoms with Gasteiger partial charge in [0.05, 0.1) is 24.4 Å². The minimum Gasteiger partial charge on any atom is -0.467 e.